The minimum atomic E-state index is -1.56. The first kappa shape index (κ1) is 24.0. The molecule has 3 N–H and O–H groups in total. The van der Waals surface area contributed by atoms with Gasteiger partial charge in [0.15, 0.2) is 6.10 Å². The Bertz CT molecular complexity index is 934. The van der Waals surface area contributed by atoms with Crippen LogP contribution in [0.5, 0.6) is 5.75 Å². The molecule has 5 atom stereocenters. The van der Waals surface area contributed by atoms with E-state index >= 15 is 0 Å². The maximum atomic E-state index is 12.5. The highest BCUT2D eigenvalue weighted by Gasteiger charge is 2.52. The SMILES string of the molecule is COc1ccc(N2CCN(C3OC3[C@H](O)[C@@H](O)C(=O)N[C@@H](C)c3ccc(Br)cc3)CC2)cc1. The van der Waals surface area contributed by atoms with Gasteiger partial charge < -0.3 is 29.9 Å². The van der Waals surface area contributed by atoms with Crippen molar-refractivity contribution in [2.24, 2.45) is 0 Å². The van der Waals surface area contributed by atoms with Crippen LogP contribution < -0.4 is 15.0 Å². The largest absolute Gasteiger partial charge is 0.497 e. The summed E-state index contributed by atoms with van der Waals surface area (Å²) in [4.78, 5) is 16.9. The lowest BCUT2D eigenvalue weighted by Crippen LogP contribution is -2.50. The van der Waals surface area contributed by atoms with Gasteiger partial charge in [-0.3, -0.25) is 9.69 Å². The maximum Gasteiger partial charge on any atom is 0.252 e. The van der Waals surface area contributed by atoms with Crippen molar-refractivity contribution in [2.45, 2.75) is 37.5 Å². The summed E-state index contributed by atoms with van der Waals surface area (Å²) in [7, 11) is 1.65. The molecule has 0 bridgehead atoms. The first-order valence-corrected chi connectivity index (χ1v) is 11.9. The van der Waals surface area contributed by atoms with E-state index in [9.17, 15) is 15.0 Å². The number of rotatable bonds is 8. The molecule has 33 heavy (non-hydrogen) atoms. The molecule has 178 valence electrons. The third kappa shape index (κ3) is 5.67. The minimum absolute atomic E-state index is 0.288. The average Bonchev–Trinajstić information content (AvgIpc) is 3.64. The number of epoxide rings is 1. The van der Waals surface area contributed by atoms with E-state index in [0.717, 1.165) is 47.7 Å². The van der Waals surface area contributed by atoms with Gasteiger partial charge in [0.2, 0.25) is 0 Å². The number of aliphatic hydroxyl groups is 2. The first-order valence-electron chi connectivity index (χ1n) is 11.1. The van der Waals surface area contributed by atoms with Gasteiger partial charge in [-0.05, 0) is 48.9 Å². The van der Waals surface area contributed by atoms with Crippen molar-refractivity contribution in [3.05, 3.63) is 58.6 Å². The van der Waals surface area contributed by atoms with Crippen LogP contribution >= 0.6 is 15.9 Å². The first-order chi connectivity index (χ1) is 15.9. The van der Waals surface area contributed by atoms with E-state index in [0.29, 0.717) is 0 Å². The highest BCUT2D eigenvalue weighted by molar-refractivity contribution is 9.10. The number of nitrogens with one attached hydrogen (secondary N) is 1. The topological polar surface area (TPSA) is 97.8 Å². The van der Waals surface area contributed by atoms with Crippen LogP contribution in [-0.2, 0) is 9.53 Å². The summed E-state index contributed by atoms with van der Waals surface area (Å²) in [5, 5.41) is 23.7. The van der Waals surface area contributed by atoms with Gasteiger partial charge in [-0.1, -0.05) is 28.1 Å². The quantitative estimate of drug-likeness (QED) is 0.458. The number of benzene rings is 2. The van der Waals surface area contributed by atoms with Gasteiger partial charge in [-0.25, -0.2) is 0 Å². The second kappa shape index (κ2) is 10.4. The van der Waals surface area contributed by atoms with Crippen LogP contribution in [0.2, 0.25) is 0 Å². The molecule has 0 aromatic heterocycles. The van der Waals surface area contributed by atoms with Gasteiger partial charge in [0, 0.05) is 36.3 Å². The Morgan fingerprint density at radius 3 is 2.33 bits per heavy atom. The second-order valence-corrected chi connectivity index (χ2v) is 9.35. The van der Waals surface area contributed by atoms with E-state index in [-0.39, 0.29) is 12.3 Å². The lowest BCUT2D eigenvalue weighted by Gasteiger charge is -2.35. The van der Waals surface area contributed by atoms with Gasteiger partial charge in [0.1, 0.15) is 24.2 Å². The molecule has 8 nitrogen and oxygen atoms in total. The number of methoxy groups -OCH3 is 1. The van der Waals surface area contributed by atoms with Gasteiger partial charge >= 0.3 is 0 Å². The molecule has 0 spiro atoms. The van der Waals surface area contributed by atoms with Gasteiger partial charge in [-0.15, -0.1) is 0 Å². The standard InChI is InChI=1S/C24H30BrN3O5/c1-15(16-3-5-17(25)6-4-16)26-23(31)21(30)20(29)22-24(33-22)28-13-11-27(12-14-28)18-7-9-19(32-2)10-8-18/h3-10,15,20-22,24,29-30H,11-14H2,1-2H3,(H,26,31)/t15-,20+,21+,22?,24?/m0/s1. The molecule has 0 saturated carbocycles. The molecule has 1 amide bonds. The van der Waals surface area contributed by atoms with Crippen molar-refractivity contribution in [3.8, 4) is 5.75 Å². The molecule has 0 radical (unpaired) electrons. The van der Waals surface area contributed by atoms with E-state index in [2.05, 4.69) is 31.0 Å². The number of carbonyl (C=O) groups excluding carboxylic acids is 1. The number of hydrogen-bond donors (Lipinski definition) is 3. The fraction of sp³-hybridized carbons (Fsp3) is 0.458. The third-order valence-corrected chi connectivity index (χ3v) is 6.80. The highest BCUT2D eigenvalue weighted by atomic mass is 79.9. The summed E-state index contributed by atoms with van der Waals surface area (Å²) in [5.41, 5.74) is 2.04. The summed E-state index contributed by atoms with van der Waals surface area (Å²) >= 11 is 3.38. The Morgan fingerprint density at radius 2 is 1.73 bits per heavy atom. The fourth-order valence-corrected chi connectivity index (χ4v) is 4.42. The molecular formula is C24H30BrN3O5. The number of anilines is 1. The molecule has 2 heterocycles. The molecule has 2 unspecified atom stereocenters. The molecule has 2 aromatic carbocycles. The van der Waals surface area contributed by atoms with Crippen LogP contribution in [0.15, 0.2) is 53.0 Å². The van der Waals surface area contributed by atoms with Crippen LogP contribution in [0.3, 0.4) is 0 Å². The number of halogens is 1. The number of hydrogen-bond acceptors (Lipinski definition) is 7. The van der Waals surface area contributed by atoms with Crippen molar-refractivity contribution in [3.63, 3.8) is 0 Å². The predicted octanol–water partition coefficient (Wildman–Crippen LogP) is 1.90. The molecule has 2 saturated heterocycles. The molecule has 4 rings (SSSR count). The van der Waals surface area contributed by atoms with E-state index in [1.165, 1.54) is 0 Å². The van der Waals surface area contributed by atoms with Crippen molar-refractivity contribution in [2.75, 3.05) is 38.2 Å². The second-order valence-electron chi connectivity index (χ2n) is 8.43. The number of ether oxygens (including phenoxy) is 2. The Balaban J connectivity index is 1.24. The van der Waals surface area contributed by atoms with Crippen LogP contribution in [0.25, 0.3) is 0 Å². The normalized spacial score (nSPS) is 23.5. The molecule has 0 aliphatic carbocycles. The number of carbonyl (C=O) groups is 1. The Kier molecular flexibility index (Phi) is 7.55. The van der Waals surface area contributed by atoms with E-state index in [1.54, 1.807) is 7.11 Å². The third-order valence-electron chi connectivity index (χ3n) is 6.27. The Morgan fingerprint density at radius 1 is 1.09 bits per heavy atom. The molecule has 2 fully saturated rings. The molecule has 9 heteroatoms. The highest BCUT2D eigenvalue weighted by Crippen LogP contribution is 2.32. The lowest BCUT2D eigenvalue weighted by atomic mass is 10.1. The Labute approximate surface area is 202 Å². The fourth-order valence-electron chi connectivity index (χ4n) is 4.15. The van der Waals surface area contributed by atoms with Crippen LogP contribution in [0, 0.1) is 0 Å². The average molecular weight is 520 g/mol. The zero-order valence-corrected chi connectivity index (χ0v) is 20.3. The number of amides is 1. The smallest absolute Gasteiger partial charge is 0.252 e. The van der Waals surface area contributed by atoms with Gasteiger partial charge in [-0.2, -0.15) is 0 Å². The van der Waals surface area contributed by atoms with Gasteiger partial charge in [0.05, 0.1) is 13.2 Å². The van der Waals surface area contributed by atoms with Crippen molar-refractivity contribution in [1.82, 2.24) is 10.2 Å². The summed E-state index contributed by atoms with van der Waals surface area (Å²) in [6.07, 6.45) is -3.71. The molecule has 2 aliphatic rings. The summed E-state index contributed by atoms with van der Waals surface area (Å²) in [5.74, 6) is 0.214. The molecule has 2 aliphatic heterocycles. The summed E-state index contributed by atoms with van der Waals surface area (Å²) in [6.45, 7) is 5.01. The number of nitrogens with zero attached hydrogens (tertiary/aromatic N) is 2. The van der Waals surface area contributed by atoms with E-state index in [1.807, 2.05) is 55.5 Å². The van der Waals surface area contributed by atoms with E-state index < -0.39 is 24.2 Å². The number of aliphatic hydroxyl groups excluding tert-OH is 2. The zero-order chi connectivity index (χ0) is 23.5. The monoisotopic (exact) mass is 519 g/mol. The Hall–Kier alpha value is -2.17. The van der Waals surface area contributed by atoms with Crippen LogP contribution in [0.4, 0.5) is 5.69 Å². The minimum Gasteiger partial charge on any atom is -0.497 e. The van der Waals surface area contributed by atoms with Gasteiger partial charge in [0.25, 0.3) is 5.91 Å². The predicted molar refractivity (Wildman–Crippen MR) is 128 cm³/mol. The van der Waals surface area contributed by atoms with Crippen molar-refractivity contribution >= 4 is 27.5 Å². The lowest BCUT2D eigenvalue weighted by molar-refractivity contribution is -0.136. The number of piperazine rings is 1. The molecule has 2 aromatic rings. The van der Waals surface area contributed by atoms with E-state index in [4.69, 9.17) is 9.47 Å². The molecular weight excluding hydrogens is 490 g/mol. The van der Waals surface area contributed by atoms with Crippen LogP contribution in [-0.4, -0.2) is 78.8 Å². The summed E-state index contributed by atoms with van der Waals surface area (Å²) < 4.78 is 11.8. The maximum absolute atomic E-state index is 12.5. The van der Waals surface area contributed by atoms with Crippen molar-refractivity contribution < 1.29 is 24.5 Å². The zero-order valence-electron chi connectivity index (χ0n) is 18.7. The summed E-state index contributed by atoms with van der Waals surface area (Å²) in [6, 6.07) is 15.2. The van der Waals surface area contributed by atoms with Crippen LogP contribution in [0.1, 0.15) is 18.5 Å². The van der Waals surface area contributed by atoms with Crippen molar-refractivity contribution in [1.29, 1.82) is 0 Å².